The van der Waals surface area contributed by atoms with Gasteiger partial charge in [-0.25, -0.2) is 10.2 Å². The van der Waals surface area contributed by atoms with Crippen LogP contribution in [0.5, 0.6) is 23.0 Å². The van der Waals surface area contributed by atoms with Crippen LogP contribution in [0.2, 0.25) is 0 Å². The van der Waals surface area contributed by atoms with E-state index in [2.05, 4.69) is 10.5 Å². The van der Waals surface area contributed by atoms with Gasteiger partial charge in [0.1, 0.15) is 11.5 Å². The first kappa shape index (κ1) is 23.3. The van der Waals surface area contributed by atoms with E-state index in [0.29, 0.717) is 33.9 Å². The molecule has 33 heavy (non-hydrogen) atoms. The van der Waals surface area contributed by atoms with Crippen LogP contribution in [0.25, 0.3) is 0 Å². The molecule has 3 aromatic rings. The molecule has 3 aromatic carbocycles. The lowest BCUT2D eigenvalue weighted by Crippen LogP contribution is -2.18. The molecule has 0 atom stereocenters. The SMILES string of the molecule is COc1ccc(C(=O)Oc2cc(/C=N\NC(=O)c3ccc(C)cc3OC)ccc2OC)cc1. The van der Waals surface area contributed by atoms with Gasteiger partial charge in [0.25, 0.3) is 5.91 Å². The predicted octanol–water partition coefficient (Wildman–Crippen LogP) is 4.00. The molecule has 0 saturated heterocycles. The maximum Gasteiger partial charge on any atom is 0.343 e. The van der Waals surface area contributed by atoms with Crippen LogP contribution in [0.15, 0.2) is 65.8 Å². The molecule has 0 aliphatic rings. The lowest BCUT2D eigenvalue weighted by Gasteiger charge is -2.10. The summed E-state index contributed by atoms with van der Waals surface area (Å²) < 4.78 is 21.1. The number of methoxy groups -OCH3 is 3. The minimum atomic E-state index is -0.551. The van der Waals surface area contributed by atoms with Crippen LogP contribution in [0, 0.1) is 6.92 Å². The van der Waals surface area contributed by atoms with Gasteiger partial charge >= 0.3 is 5.97 Å². The zero-order valence-corrected chi connectivity index (χ0v) is 18.7. The van der Waals surface area contributed by atoms with E-state index in [1.54, 1.807) is 61.7 Å². The van der Waals surface area contributed by atoms with Gasteiger partial charge in [-0.15, -0.1) is 0 Å². The Labute approximate surface area is 191 Å². The number of carbonyl (C=O) groups excluding carboxylic acids is 2. The van der Waals surface area contributed by atoms with Crippen LogP contribution in [0.3, 0.4) is 0 Å². The molecule has 170 valence electrons. The Balaban J connectivity index is 1.72. The Morgan fingerprint density at radius 2 is 1.55 bits per heavy atom. The fraction of sp³-hybridized carbons (Fsp3) is 0.160. The Hall–Kier alpha value is -4.33. The summed E-state index contributed by atoms with van der Waals surface area (Å²) in [5, 5.41) is 3.99. The van der Waals surface area contributed by atoms with Gasteiger partial charge in [0, 0.05) is 0 Å². The monoisotopic (exact) mass is 448 g/mol. The molecule has 3 rings (SSSR count). The molecule has 0 spiro atoms. The normalized spacial score (nSPS) is 10.5. The molecule has 0 bridgehead atoms. The van der Waals surface area contributed by atoms with Gasteiger partial charge < -0.3 is 18.9 Å². The summed E-state index contributed by atoms with van der Waals surface area (Å²) in [5.74, 6) is 0.719. The van der Waals surface area contributed by atoms with E-state index >= 15 is 0 Å². The summed E-state index contributed by atoms with van der Waals surface area (Å²) in [6.45, 7) is 1.91. The second-order valence-corrected chi connectivity index (χ2v) is 6.93. The summed E-state index contributed by atoms with van der Waals surface area (Å²) in [4.78, 5) is 25.0. The number of benzene rings is 3. The highest BCUT2D eigenvalue weighted by Crippen LogP contribution is 2.28. The lowest BCUT2D eigenvalue weighted by atomic mass is 10.1. The topological polar surface area (TPSA) is 95.5 Å². The van der Waals surface area contributed by atoms with Gasteiger partial charge in [0.15, 0.2) is 11.5 Å². The zero-order valence-electron chi connectivity index (χ0n) is 18.7. The Morgan fingerprint density at radius 1 is 0.818 bits per heavy atom. The molecule has 8 nitrogen and oxygen atoms in total. The van der Waals surface area contributed by atoms with Crippen molar-refractivity contribution in [3.63, 3.8) is 0 Å². The van der Waals surface area contributed by atoms with Gasteiger partial charge in [-0.1, -0.05) is 6.07 Å². The van der Waals surface area contributed by atoms with Crippen molar-refractivity contribution in [1.82, 2.24) is 5.43 Å². The third-order valence-electron chi connectivity index (χ3n) is 4.70. The van der Waals surface area contributed by atoms with Gasteiger partial charge in [0.05, 0.1) is 38.7 Å². The van der Waals surface area contributed by atoms with Gasteiger partial charge in [-0.3, -0.25) is 4.79 Å². The van der Waals surface area contributed by atoms with Crippen LogP contribution in [-0.2, 0) is 0 Å². The van der Waals surface area contributed by atoms with E-state index in [1.165, 1.54) is 20.4 Å². The maximum absolute atomic E-state index is 12.5. The second kappa shape index (κ2) is 10.8. The fourth-order valence-electron chi connectivity index (χ4n) is 2.95. The summed E-state index contributed by atoms with van der Waals surface area (Å²) in [7, 11) is 4.52. The van der Waals surface area contributed by atoms with Crippen molar-refractivity contribution in [1.29, 1.82) is 0 Å². The Bertz CT molecular complexity index is 1170. The van der Waals surface area contributed by atoms with E-state index in [4.69, 9.17) is 18.9 Å². The van der Waals surface area contributed by atoms with Crippen molar-refractivity contribution in [3.05, 3.63) is 82.9 Å². The van der Waals surface area contributed by atoms with Crippen LogP contribution < -0.4 is 24.4 Å². The van der Waals surface area contributed by atoms with E-state index in [0.717, 1.165) is 5.56 Å². The Morgan fingerprint density at radius 3 is 2.21 bits per heavy atom. The predicted molar refractivity (Wildman–Crippen MR) is 124 cm³/mol. The maximum atomic E-state index is 12.5. The first-order chi connectivity index (χ1) is 15.9. The van der Waals surface area contributed by atoms with Gasteiger partial charge in [-0.2, -0.15) is 5.10 Å². The van der Waals surface area contributed by atoms with Crippen molar-refractivity contribution >= 4 is 18.1 Å². The average molecular weight is 448 g/mol. The van der Waals surface area contributed by atoms with E-state index in [-0.39, 0.29) is 5.75 Å². The Kier molecular flexibility index (Phi) is 7.64. The highest BCUT2D eigenvalue weighted by Gasteiger charge is 2.14. The smallest absolute Gasteiger partial charge is 0.343 e. The molecular weight excluding hydrogens is 424 g/mol. The number of hydrazone groups is 1. The highest BCUT2D eigenvalue weighted by molar-refractivity contribution is 5.97. The lowest BCUT2D eigenvalue weighted by molar-refractivity contribution is 0.0729. The molecule has 1 N–H and O–H groups in total. The first-order valence-corrected chi connectivity index (χ1v) is 9.97. The zero-order chi connectivity index (χ0) is 23.8. The van der Waals surface area contributed by atoms with E-state index < -0.39 is 11.9 Å². The third kappa shape index (κ3) is 5.88. The highest BCUT2D eigenvalue weighted by atomic mass is 16.6. The first-order valence-electron chi connectivity index (χ1n) is 9.97. The number of nitrogens with zero attached hydrogens (tertiary/aromatic N) is 1. The summed E-state index contributed by atoms with van der Waals surface area (Å²) >= 11 is 0. The van der Waals surface area contributed by atoms with Gasteiger partial charge in [-0.05, 0) is 72.6 Å². The molecule has 0 fully saturated rings. The number of aryl methyl sites for hydroxylation is 1. The standard InChI is InChI=1S/C25H24N2O6/c1-16-5-11-20(22(13-16)32-4)24(28)27-26-15-17-6-12-21(31-3)23(14-17)33-25(29)18-7-9-19(30-2)10-8-18/h5-15H,1-4H3,(H,27,28)/b26-15-. The molecule has 0 heterocycles. The van der Waals surface area contributed by atoms with Crippen molar-refractivity contribution in [2.75, 3.05) is 21.3 Å². The van der Waals surface area contributed by atoms with Crippen molar-refractivity contribution in [2.45, 2.75) is 6.92 Å². The second-order valence-electron chi connectivity index (χ2n) is 6.93. The van der Waals surface area contributed by atoms with Crippen molar-refractivity contribution < 1.29 is 28.5 Å². The number of rotatable bonds is 8. The van der Waals surface area contributed by atoms with Crippen molar-refractivity contribution in [3.8, 4) is 23.0 Å². The molecule has 1 amide bonds. The molecule has 0 radical (unpaired) electrons. The van der Waals surface area contributed by atoms with E-state index in [1.807, 2.05) is 13.0 Å². The summed E-state index contributed by atoms with van der Waals surface area (Å²) in [6, 6.07) is 16.7. The molecule has 0 unspecified atom stereocenters. The average Bonchev–Trinajstić information content (AvgIpc) is 2.84. The minimum absolute atomic E-state index is 0.216. The molecule has 0 aromatic heterocycles. The molecule has 8 heteroatoms. The van der Waals surface area contributed by atoms with Crippen LogP contribution in [0.1, 0.15) is 31.8 Å². The van der Waals surface area contributed by atoms with Crippen LogP contribution in [0.4, 0.5) is 0 Å². The van der Waals surface area contributed by atoms with Gasteiger partial charge in [0.2, 0.25) is 0 Å². The number of ether oxygens (including phenoxy) is 4. The molecular formula is C25H24N2O6. The number of nitrogens with one attached hydrogen (secondary N) is 1. The molecule has 0 aliphatic carbocycles. The van der Waals surface area contributed by atoms with Crippen LogP contribution in [-0.4, -0.2) is 39.4 Å². The van der Waals surface area contributed by atoms with Crippen LogP contribution >= 0.6 is 0 Å². The van der Waals surface area contributed by atoms with E-state index in [9.17, 15) is 9.59 Å². The number of hydrogen-bond donors (Lipinski definition) is 1. The number of amides is 1. The quantitative estimate of drug-likeness (QED) is 0.242. The van der Waals surface area contributed by atoms with Crippen molar-refractivity contribution in [2.24, 2.45) is 5.10 Å². The fourth-order valence-corrected chi connectivity index (χ4v) is 2.95. The number of esters is 1. The molecule has 0 aliphatic heterocycles. The molecule has 0 saturated carbocycles. The number of carbonyl (C=O) groups is 2. The summed E-state index contributed by atoms with van der Waals surface area (Å²) in [6.07, 6.45) is 1.43. The number of hydrogen-bond acceptors (Lipinski definition) is 7. The largest absolute Gasteiger partial charge is 0.497 e. The third-order valence-corrected chi connectivity index (χ3v) is 4.70. The minimum Gasteiger partial charge on any atom is -0.497 e. The summed E-state index contributed by atoms with van der Waals surface area (Å²) in [5.41, 5.74) is 4.75.